The average molecular weight is 549 g/mol. The first-order valence-electron chi connectivity index (χ1n) is 12.9. The van der Waals surface area contributed by atoms with E-state index in [1.54, 1.807) is 23.9 Å². The Hall–Kier alpha value is -3.29. The predicted octanol–water partition coefficient (Wildman–Crippen LogP) is 7.34. The third-order valence-electron chi connectivity index (χ3n) is 6.43. The van der Waals surface area contributed by atoms with Gasteiger partial charge in [-0.2, -0.15) is 0 Å². The lowest BCUT2D eigenvalue weighted by molar-refractivity contribution is 0.0697. The second-order valence-electron chi connectivity index (χ2n) is 9.19. The van der Waals surface area contributed by atoms with E-state index in [1.807, 2.05) is 36.4 Å². The van der Waals surface area contributed by atoms with Gasteiger partial charge in [0.15, 0.2) is 5.16 Å². The second kappa shape index (κ2) is 13.5. The van der Waals surface area contributed by atoms with Gasteiger partial charge in [-0.05, 0) is 66.4 Å². The number of carboxylic acid groups (broad SMARTS) is 1. The number of unbranched alkanes of at least 4 members (excludes halogenated alkanes) is 1. The van der Waals surface area contributed by atoms with Gasteiger partial charge in [-0.1, -0.05) is 73.1 Å². The summed E-state index contributed by atoms with van der Waals surface area (Å²) in [6.45, 7) is 6.60. The summed E-state index contributed by atoms with van der Waals surface area (Å²) in [6, 6.07) is 23.7. The molecule has 0 fully saturated rings. The quantitative estimate of drug-likeness (QED) is 0.176. The standard InChI is InChI=1S/C30H33ClN4O2S/c1-3-5-6-28-32-33-30(38-21-24-9-15-26(31)16-10-24)35(28)20-23-11-17-27(18-12-23)34(4-2)19-22-7-13-25(14-8-22)29(36)37/h7-18H,3-6,19-21H2,1-2H3,(H,36,37). The average Bonchev–Trinajstić information content (AvgIpc) is 3.31. The Balaban J connectivity index is 1.46. The fourth-order valence-corrected chi connectivity index (χ4v) is 5.22. The second-order valence-corrected chi connectivity index (χ2v) is 10.6. The number of benzene rings is 3. The number of halogens is 1. The van der Waals surface area contributed by atoms with Gasteiger partial charge in [0, 0.05) is 36.0 Å². The first-order valence-corrected chi connectivity index (χ1v) is 14.3. The molecule has 0 spiro atoms. The van der Waals surface area contributed by atoms with E-state index in [4.69, 9.17) is 16.7 Å². The fourth-order valence-electron chi connectivity index (χ4n) is 4.19. The number of rotatable bonds is 13. The molecule has 0 saturated heterocycles. The third kappa shape index (κ3) is 7.39. The SMILES string of the molecule is CCCCc1nnc(SCc2ccc(Cl)cc2)n1Cc1ccc(N(CC)Cc2ccc(C(=O)O)cc2)cc1. The minimum absolute atomic E-state index is 0.305. The highest BCUT2D eigenvalue weighted by atomic mass is 35.5. The van der Waals surface area contributed by atoms with E-state index >= 15 is 0 Å². The highest BCUT2D eigenvalue weighted by Gasteiger charge is 2.14. The van der Waals surface area contributed by atoms with Crippen molar-refractivity contribution < 1.29 is 9.90 Å². The maximum atomic E-state index is 11.1. The van der Waals surface area contributed by atoms with E-state index < -0.39 is 5.97 Å². The number of nitrogens with zero attached hydrogens (tertiary/aromatic N) is 4. The Labute approximate surface area is 233 Å². The Morgan fingerprint density at radius 3 is 2.21 bits per heavy atom. The van der Waals surface area contributed by atoms with Crippen LogP contribution in [-0.2, 0) is 25.3 Å². The molecule has 0 aliphatic heterocycles. The normalized spacial score (nSPS) is 11.0. The van der Waals surface area contributed by atoms with E-state index in [-0.39, 0.29) is 0 Å². The monoisotopic (exact) mass is 548 g/mol. The number of hydrogen-bond acceptors (Lipinski definition) is 5. The van der Waals surface area contributed by atoms with Crippen LogP contribution in [0.3, 0.4) is 0 Å². The molecule has 8 heteroatoms. The summed E-state index contributed by atoms with van der Waals surface area (Å²) in [7, 11) is 0. The lowest BCUT2D eigenvalue weighted by Crippen LogP contribution is -2.22. The summed E-state index contributed by atoms with van der Waals surface area (Å²) in [5.41, 5.74) is 4.91. The Bertz CT molecular complexity index is 1320. The molecule has 4 rings (SSSR count). The van der Waals surface area contributed by atoms with Gasteiger partial charge in [-0.25, -0.2) is 4.79 Å². The molecule has 0 unspecified atom stereocenters. The highest BCUT2D eigenvalue weighted by molar-refractivity contribution is 7.98. The van der Waals surface area contributed by atoms with Crippen LogP contribution in [0.2, 0.25) is 5.02 Å². The molecular formula is C30H33ClN4O2S. The molecule has 0 saturated carbocycles. The van der Waals surface area contributed by atoms with E-state index in [0.29, 0.717) is 12.1 Å². The van der Waals surface area contributed by atoms with Crippen molar-refractivity contribution in [1.29, 1.82) is 0 Å². The van der Waals surface area contributed by atoms with E-state index in [9.17, 15) is 4.79 Å². The molecule has 1 heterocycles. The van der Waals surface area contributed by atoms with Gasteiger partial charge in [0.05, 0.1) is 12.1 Å². The third-order valence-corrected chi connectivity index (χ3v) is 7.72. The number of anilines is 1. The number of aromatic nitrogens is 3. The van der Waals surface area contributed by atoms with Crippen LogP contribution in [0, 0.1) is 0 Å². The van der Waals surface area contributed by atoms with Crippen molar-refractivity contribution >= 4 is 35.0 Å². The first-order chi connectivity index (χ1) is 18.5. The summed E-state index contributed by atoms with van der Waals surface area (Å²) in [6.07, 6.45) is 3.10. The molecule has 1 N–H and O–H groups in total. The number of aromatic carboxylic acids is 1. The smallest absolute Gasteiger partial charge is 0.335 e. The summed E-state index contributed by atoms with van der Waals surface area (Å²) in [5, 5.41) is 19.9. The molecular weight excluding hydrogens is 516 g/mol. The molecule has 0 bridgehead atoms. The topological polar surface area (TPSA) is 71.2 Å². The molecule has 4 aromatic rings. The van der Waals surface area contributed by atoms with Crippen LogP contribution in [0.4, 0.5) is 5.69 Å². The van der Waals surface area contributed by atoms with Gasteiger partial charge in [0.25, 0.3) is 0 Å². The summed E-state index contributed by atoms with van der Waals surface area (Å²) in [4.78, 5) is 13.4. The van der Waals surface area contributed by atoms with Crippen LogP contribution in [0.25, 0.3) is 0 Å². The molecule has 0 radical (unpaired) electrons. The maximum absolute atomic E-state index is 11.1. The molecule has 0 atom stereocenters. The largest absolute Gasteiger partial charge is 0.478 e. The van der Waals surface area contributed by atoms with Crippen molar-refractivity contribution in [2.24, 2.45) is 0 Å². The number of carboxylic acids is 1. The van der Waals surface area contributed by atoms with Crippen LogP contribution >= 0.6 is 23.4 Å². The zero-order chi connectivity index (χ0) is 26.9. The van der Waals surface area contributed by atoms with Crippen molar-refractivity contribution in [1.82, 2.24) is 14.8 Å². The van der Waals surface area contributed by atoms with Gasteiger partial charge in [-0.15, -0.1) is 10.2 Å². The molecule has 198 valence electrons. The summed E-state index contributed by atoms with van der Waals surface area (Å²) in [5.74, 6) is 0.924. The molecule has 0 aliphatic carbocycles. The number of aryl methyl sites for hydroxylation is 1. The lowest BCUT2D eigenvalue weighted by atomic mass is 10.1. The Morgan fingerprint density at radius 2 is 1.58 bits per heavy atom. The maximum Gasteiger partial charge on any atom is 0.335 e. The van der Waals surface area contributed by atoms with Crippen LogP contribution in [0.1, 0.15) is 59.6 Å². The Morgan fingerprint density at radius 1 is 0.921 bits per heavy atom. The van der Waals surface area contributed by atoms with Gasteiger partial charge in [0.2, 0.25) is 0 Å². The van der Waals surface area contributed by atoms with Crippen LogP contribution in [0.5, 0.6) is 0 Å². The number of carbonyl (C=O) groups is 1. The summed E-state index contributed by atoms with van der Waals surface area (Å²) >= 11 is 7.73. The van der Waals surface area contributed by atoms with E-state index in [2.05, 4.69) is 57.8 Å². The zero-order valence-corrected chi connectivity index (χ0v) is 23.4. The van der Waals surface area contributed by atoms with Gasteiger partial charge in [-0.3, -0.25) is 0 Å². The number of hydrogen-bond donors (Lipinski definition) is 1. The van der Waals surface area contributed by atoms with Crippen LogP contribution in [0.15, 0.2) is 78.0 Å². The van der Waals surface area contributed by atoms with Crippen molar-refractivity contribution in [3.05, 3.63) is 106 Å². The van der Waals surface area contributed by atoms with Gasteiger partial charge in [0.1, 0.15) is 5.82 Å². The molecule has 6 nitrogen and oxygen atoms in total. The van der Waals surface area contributed by atoms with Crippen LogP contribution < -0.4 is 4.90 Å². The predicted molar refractivity (Wildman–Crippen MR) is 155 cm³/mol. The molecule has 3 aromatic carbocycles. The fraction of sp³-hybridized carbons (Fsp3) is 0.300. The molecule has 38 heavy (non-hydrogen) atoms. The molecule has 0 aliphatic rings. The van der Waals surface area contributed by atoms with Crippen molar-refractivity contribution in [3.8, 4) is 0 Å². The first kappa shape index (κ1) is 27.7. The molecule has 0 amide bonds. The molecule has 1 aromatic heterocycles. The van der Waals surface area contributed by atoms with Crippen LogP contribution in [-0.4, -0.2) is 32.4 Å². The minimum atomic E-state index is -0.906. The minimum Gasteiger partial charge on any atom is -0.478 e. The van der Waals surface area contributed by atoms with Gasteiger partial charge < -0.3 is 14.6 Å². The Kier molecular flexibility index (Phi) is 9.85. The lowest BCUT2D eigenvalue weighted by Gasteiger charge is -2.23. The van der Waals surface area contributed by atoms with Crippen molar-refractivity contribution in [2.45, 2.75) is 57.1 Å². The van der Waals surface area contributed by atoms with E-state index in [0.717, 1.165) is 65.4 Å². The van der Waals surface area contributed by atoms with Gasteiger partial charge >= 0.3 is 5.97 Å². The summed E-state index contributed by atoms with van der Waals surface area (Å²) < 4.78 is 2.24. The van der Waals surface area contributed by atoms with E-state index in [1.165, 1.54) is 11.1 Å². The van der Waals surface area contributed by atoms with Crippen molar-refractivity contribution in [3.63, 3.8) is 0 Å². The zero-order valence-electron chi connectivity index (χ0n) is 21.8. The number of thioether (sulfide) groups is 1. The van der Waals surface area contributed by atoms with Crippen molar-refractivity contribution in [2.75, 3.05) is 11.4 Å². The highest BCUT2D eigenvalue weighted by Crippen LogP contribution is 2.25.